The molecule has 0 saturated carbocycles. The highest BCUT2D eigenvalue weighted by Gasteiger charge is 2.20. The van der Waals surface area contributed by atoms with Crippen LogP contribution >= 0.6 is 0 Å². The lowest BCUT2D eigenvalue weighted by Crippen LogP contribution is -2.39. The van der Waals surface area contributed by atoms with Crippen LogP contribution in [0.3, 0.4) is 0 Å². The molecule has 0 bridgehead atoms. The van der Waals surface area contributed by atoms with Gasteiger partial charge >= 0.3 is 0 Å². The summed E-state index contributed by atoms with van der Waals surface area (Å²) >= 11 is 0. The highest BCUT2D eigenvalue weighted by atomic mass is 15.0. The molecule has 0 aromatic carbocycles. The van der Waals surface area contributed by atoms with Crippen molar-refractivity contribution in [2.45, 2.75) is 45.6 Å². The fourth-order valence-electron chi connectivity index (χ4n) is 1.53. The number of hydrogen-bond donors (Lipinski definition) is 1. The van der Waals surface area contributed by atoms with Gasteiger partial charge in [0, 0.05) is 5.54 Å². The fourth-order valence-corrected chi connectivity index (χ4v) is 1.53. The molecule has 1 heteroatoms. The summed E-state index contributed by atoms with van der Waals surface area (Å²) in [5.41, 5.74) is 0.394. The van der Waals surface area contributed by atoms with Gasteiger partial charge in [0.1, 0.15) is 0 Å². The first-order chi connectivity index (χ1) is 4.60. The number of hydrogen-bond acceptors (Lipinski definition) is 1. The van der Waals surface area contributed by atoms with Gasteiger partial charge in [0.2, 0.25) is 0 Å². The molecular weight excluding hydrogens is 122 g/mol. The predicted octanol–water partition coefficient (Wildman–Crippen LogP) is 2.17. The van der Waals surface area contributed by atoms with E-state index >= 15 is 0 Å². The average molecular weight is 141 g/mol. The van der Waals surface area contributed by atoms with Crippen molar-refractivity contribution in [2.75, 3.05) is 6.54 Å². The van der Waals surface area contributed by atoms with E-state index in [4.69, 9.17) is 0 Å². The van der Waals surface area contributed by atoms with E-state index < -0.39 is 0 Å². The number of rotatable bonds is 0. The summed E-state index contributed by atoms with van der Waals surface area (Å²) < 4.78 is 0. The summed E-state index contributed by atoms with van der Waals surface area (Å²) in [4.78, 5) is 0. The van der Waals surface area contributed by atoms with Crippen molar-refractivity contribution in [3.63, 3.8) is 0 Å². The maximum atomic E-state index is 3.57. The largest absolute Gasteiger partial charge is 0.312 e. The molecule has 0 aromatic heterocycles. The summed E-state index contributed by atoms with van der Waals surface area (Å²) in [6, 6.07) is 0. The lowest BCUT2D eigenvalue weighted by molar-refractivity contribution is 0.375. The van der Waals surface area contributed by atoms with Crippen molar-refractivity contribution in [3.05, 3.63) is 0 Å². The van der Waals surface area contributed by atoms with Crippen LogP contribution in [0.4, 0.5) is 0 Å². The molecule has 1 saturated heterocycles. The Kier molecular flexibility index (Phi) is 2.35. The zero-order chi connectivity index (χ0) is 7.61. The van der Waals surface area contributed by atoms with Gasteiger partial charge in [-0.1, -0.05) is 13.3 Å². The van der Waals surface area contributed by atoms with E-state index in [1.807, 2.05) is 0 Å². The van der Waals surface area contributed by atoms with Crippen LogP contribution in [0.5, 0.6) is 0 Å². The van der Waals surface area contributed by atoms with Gasteiger partial charge in [0.25, 0.3) is 0 Å². The molecule has 1 atom stereocenters. The van der Waals surface area contributed by atoms with E-state index in [1.54, 1.807) is 0 Å². The second-order valence-electron chi connectivity index (χ2n) is 4.26. The smallest absolute Gasteiger partial charge is 0.0125 e. The predicted molar refractivity (Wildman–Crippen MR) is 45.1 cm³/mol. The van der Waals surface area contributed by atoms with Crippen LogP contribution in [-0.2, 0) is 0 Å². The molecule has 60 valence electrons. The maximum Gasteiger partial charge on any atom is 0.0125 e. The van der Waals surface area contributed by atoms with E-state index in [0.29, 0.717) is 5.54 Å². The van der Waals surface area contributed by atoms with Crippen molar-refractivity contribution >= 4 is 0 Å². The standard InChI is InChI=1S/C9H19N/c1-8-5-4-6-9(2,3)10-7-8/h8,10H,4-7H2,1-3H3. The Balaban J connectivity index is 2.41. The van der Waals surface area contributed by atoms with Crippen molar-refractivity contribution in [2.24, 2.45) is 5.92 Å². The quantitative estimate of drug-likeness (QED) is 0.545. The Morgan fingerprint density at radius 1 is 1.40 bits per heavy atom. The van der Waals surface area contributed by atoms with Gasteiger partial charge in [0.05, 0.1) is 0 Å². The number of nitrogens with one attached hydrogen (secondary N) is 1. The molecule has 1 heterocycles. The zero-order valence-corrected chi connectivity index (χ0v) is 7.41. The highest BCUT2D eigenvalue weighted by Crippen LogP contribution is 2.20. The summed E-state index contributed by atoms with van der Waals surface area (Å²) in [7, 11) is 0. The van der Waals surface area contributed by atoms with E-state index in [9.17, 15) is 0 Å². The van der Waals surface area contributed by atoms with Gasteiger partial charge < -0.3 is 5.32 Å². The molecule has 1 aliphatic heterocycles. The van der Waals surface area contributed by atoms with E-state index in [2.05, 4.69) is 26.1 Å². The first-order valence-electron chi connectivity index (χ1n) is 4.35. The second-order valence-corrected chi connectivity index (χ2v) is 4.26. The molecule has 0 spiro atoms. The molecule has 1 unspecified atom stereocenters. The third kappa shape index (κ3) is 2.30. The SMILES string of the molecule is CC1CCCC(C)(C)NC1. The van der Waals surface area contributed by atoms with E-state index in [1.165, 1.54) is 25.8 Å². The zero-order valence-electron chi connectivity index (χ0n) is 7.41. The minimum atomic E-state index is 0.394. The van der Waals surface area contributed by atoms with E-state index in [-0.39, 0.29) is 0 Å². The Morgan fingerprint density at radius 3 is 2.80 bits per heavy atom. The third-order valence-electron chi connectivity index (χ3n) is 2.43. The van der Waals surface area contributed by atoms with Crippen molar-refractivity contribution in [1.82, 2.24) is 5.32 Å². The van der Waals surface area contributed by atoms with Crippen LogP contribution in [-0.4, -0.2) is 12.1 Å². The molecule has 1 rings (SSSR count). The van der Waals surface area contributed by atoms with Crippen molar-refractivity contribution < 1.29 is 0 Å². The van der Waals surface area contributed by atoms with Crippen LogP contribution in [0.15, 0.2) is 0 Å². The van der Waals surface area contributed by atoms with Gasteiger partial charge in [-0.2, -0.15) is 0 Å². The molecule has 0 aromatic rings. The minimum Gasteiger partial charge on any atom is -0.312 e. The van der Waals surface area contributed by atoms with Crippen LogP contribution < -0.4 is 5.32 Å². The summed E-state index contributed by atoms with van der Waals surface area (Å²) in [6.07, 6.45) is 4.12. The Labute approximate surface area is 64.2 Å². The van der Waals surface area contributed by atoms with Gasteiger partial charge in [0.15, 0.2) is 0 Å². The first kappa shape index (κ1) is 8.06. The highest BCUT2D eigenvalue weighted by molar-refractivity contribution is 4.81. The monoisotopic (exact) mass is 141 g/mol. The maximum absolute atomic E-state index is 3.57. The van der Waals surface area contributed by atoms with Gasteiger partial charge in [-0.25, -0.2) is 0 Å². The van der Waals surface area contributed by atoms with Crippen molar-refractivity contribution in [3.8, 4) is 0 Å². The summed E-state index contributed by atoms with van der Waals surface area (Å²) in [6.45, 7) is 8.12. The van der Waals surface area contributed by atoms with Crippen LogP contribution in [0, 0.1) is 5.92 Å². The Morgan fingerprint density at radius 2 is 2.10 bits per heavy atom. The topological polar surface area (TPSA) is 12.0 Å². The van der Waals surface area contributed by atoms with Crippen molar-refractivity contribution in [1.29, 1.82) is 0 Å². The molecular formula is C9H19N. The summed E-state index contributed by atoms with van der Waals surface area (Å²) in [5, 5.41) is 3.57. The summed E-state index contributed by atoms with van der Waals surface area (Å²) in [5.74, 6) is 0.877. The van der Waals surface area contributed by atoms with Crippen LogP contribution in [0.1, 0.15) is 40.0 Å². The molecule has 1 N–H and O–H groups in total. The van der Waals surface area contributed by atoms with Gasteiger partial charge in [-0.15, -0.1) is 0 Å². The average Bonchev–Trinajstić information content (AvgIpc) is 1.94. The van der Waals surface area contributed by atoms with Gasteiger partial charge in [-0.05, 0) is 39.2 Å². The second kappa shape index (κ2) is 2.91. The van der Waals surface area contributed by atoms with Gasteiger partial charge in [-0.3, -0.25) is 0 Å². The molecule has 0 amide bonds. The lowest BCUT2D eigenvalue weighted by atomic mass is 9.98. The molecule has 1 fully saturated rings. The first-order valence-corrected chi connectivity index (χ1v) is 4.35. The molecule has 0 aliphatic carbocycles. The third-order valence-corrected chi connectivity index (χ3v) is 2.43. The normalized spacial score (nSPS) is 33.3. The Bertz CT molecular complexity index is 107. The minimum absolute atomic E-state index is 0.394. The lowest BCUT2D eigenvalue weighted by Gasteiger charge is -2.23. The van der Waals surface area contributed by atoms with Crippen LogP contribution in [0.2, 0.25) is 0 Å². The Hall–Kier alpha value is -0.0400. The molecule has 1 nitrogen and oxygen atoms in total. The molecule has 1 aliphatic rings. The van der Waals surface area contributed by atoms with E-state index in [0.717, 1.165) is 5.92 Å². The van der Waals surface area contributed by atoms with Crippen LogP contribution in [0.25, 0.3) is 0 Å². The molecule has 10 heavy (non-hydrogen) atoms. The fraction of sp³-hybridized carbons (Fsp3) is 1.00. The molecule has 0 radical (unpaired) electrons.